The number of sulfone groups is 1. The summed E-state index contributed by atoms with van der Waals surface area (Å²) < 4.78 is 56.4. The molecule has 0 unspecified atom stereocenters. The molecule has 0 saturated heterocycles. The number of hydrogen-bond acceptors (Lipinski definition) is 3. The topological polar surface area (TPSA) is 43.4 Å². The second-order valence-electron chi connectivity index (χ2n) is 5.11. The van der Waals surface area contributed by atoms with Crippen LogP contribution in [0, 0.1) is 0 Å². The first-order valence-electron chi connectivity index (χ1n) is 7.36. The van der Waals surface area contributed by atoms with Gasteiger partial charge in [0.1, 0.15) is 10.7 Å². The molecule has 3 nitrogen and oxygen atoms in total. The molecule has 0 aliphatic heterocycles. The summed E-state index contributed by atoms with van der Waals surface area (Å²) in [5, 5.41) is 0. The minimum absolute atomic E-state index is 0.172. The van der Waals surface area contributed by atoms with Gasteiger partial charge in [0.15, 0.2) is 0 Å². The van der Waals surface area contributed by atoms with E-state index in [9.17, 15) is 17.2 Å². The van der Waals surface area contributed by atoms with E-state index in [1.54, 1.807) is 0 Å². The van der Waals surface area contributed by atoms with E-state index in [-0.39, 0.29) is 11.3 Å². The van der Waals surface area contributed by atoms with Crippen molar-refractivity contribution in [2.75, 3.05) is 7.11 Å². The highest BCUT2D eigenvalue weighted by Crippen LogP contribution is 2.26. The maximum atomic E-state index is 13.3. The van der Waals surface area contributed by atoms with Crippen molar-refractivity contribution < 1.29 is 21.9 Å². The Morgan fingerprint density at radius 1 is 1.08 bits per heavy atom. The van der Waals surface area contributed by atoms with Gasteiger partial charge in [0.25, 0.3) is 6.43 Å². The third-order valence-electron chi connectivity index (χ3n) is 3.52. The van der Waals surface area contributed by atoms with Crippen LogP contribution in [0.25, 0.3) is 0 Å². The summed E-state index contributed by atoms with van der Waals surface area (Å²) in [6.07, 6.45) is -1.24. The summed E-state index contributed by atoms with van der Waals surface area (Å²) in [7, 11) is -2.78. The number of rotatable bonds is 7. The van der Waals surface area contributed by atoms with Gasteiger partial charge in [-0.15, -0.1) is 0 Å². The molecule has 0 amide bonds. The predicted molar refractivity (Wildman–Crippen MR) is 89.0 cm³/mol. The second-order valence-corrected chi connectivity index (χ2v) is 7.06. The van der Waals surface area contributed by atoms with Crippen molar-refractivity contribution >= 4 is 9.84 Å². The van der Waals surface area contributed by atoms with Gasteiger partial charge in [-0.1, -0.05) is 36.4 Å². The number of methoxy groups -OCH3 is 1. The zero-order chi connectivity index (χ0) is 17.6. The van der Waals surface area contributed by atoms with Crippen LogP contribution in [0.4, 0.5) is 8.78 Å². The third-order valence-corrected chi connectivity index (χ3v) is 5.37. The Labute approximate surface area is 140 Å². The van der Waals surface area contributed by atoms with Crippen molar-refractivity contribution in [3.63, 3.8) is 0 Å². The fourth-order valence-corrected chi connectivity index (χ4v) is 3.57. The Kier molecular flexibility index (Phi) is 6.09. The van der Waals surface area contributed by atoms with Gasteiger partial charge in [0.05, 0.1) is 12.0 Å². The lowest BCUT2D eigenvalue weighted by molar-refractivity contribution is 0.198. The SMILES string of the molecule is COc1ccc(S(=O)(=O)/C(=C\CCc2ccccc2)C(F)F)cc1. The van der Waals surface area contributed by atoms with Gasteiger partial charge < -0.3 is 4.74 Å². The summed E-state index contributed by atoms with van der Waals surface area (Å²) in [6.45, 7) is 0. The first-order valence-corrected chi connectivity index (χ1v) is 8.84. The lowest BCUT2D eigenvalue weighted by atomic mass is 10.1. The van der Waals surface area contributed by atoms with Gasteiger partial charge in [-0.2, -0.15) is 0 Å². The quantitative estimate of drug-likeness (QED) is 0.748. The van der Waals surface area contributed by atoms with Crippen LogP contribution in [-0.4, -0.2) is 22.0 Å². The van der Waals surface area contributed by atoms with Gasteiger partial charge in [-0.25, -0.2) is 17.2 Å². The molecule has 2 aromatic rings. The fraction of sp³-hybridized carbons (Fsp3) is 0.222. The number of ether oxygens (including phenoxy) is 1. The largest absolute Gasteiger partial charge is 0.497 e. The molecule has 0 spiro atoms. The van der Waals surface area contributed by atoms with E-state index < -0.39 is 21.2 Å². The zero-order valence-electron chi connectivity index (χ0n) is 13.2. The summed E-state index contributed by atoms with van der Waals surface area (Å²) in [5.41, 5.74) is 0.962. The van der Waals surface area contributed by atoms with E-state index in [4.69, 9.17) is 4.74 Å². The lowest BCUT2D eigenvalue weighted by Crippen LogP contribution is -2.12. The Bertz CT molecular complexity index is 783. The Balaban J connectivity index is 2.22. The van der Waals surface area contributed by atoms with Gasteiger partial charge in [-0.05, 0) is 42.7 Å². The van der Waals surface area contributed by atoms with Crippen LogP contribution in [0.15, 0.2) is 70.5 Å². The summed E-state index contributed by atoms with van der Waals surface area (Å²) in [5.74, 6) is 0.459. The van der Waals surface area contributed by atoms with Crippen molar-refractivity contribution in [3.8, 4) is 5.75 Å². The van der Waals surface area contributed by atoms with Gasteiger partial charge in [0, 0.05) is 0 Å². The van der Waals surface area contributed by atoms with Crippen LogP contribution < -0.4 is 4.74 Å². The number of allylic oxidation sites excluding steroid dienone is 2. The number of aryl methyl sites for hydroxylation is 1. The molecule has 0 aliphatic carbocycles. The van der Waals surface area contributed by atoms with Crippen molar-refractivity contribution in [2.45, 2.75) is 24.2 Å². The van der Waals surface area contributed by atoms with Gasteiger partial charge in [-0.3, -0.25) is 0 Å². The van der Waals surface area contributed by atoms with Crippen molar-refractivity contribution in [1.82, 2.24) is 0 Å². The standard InChI is InChI=1S/C18H18F2O3S/c1-23-15-10-12-16(13-11-15)24(21,22)17(18(19)20)9-5-8-14-6-3-2-4-7-14/h2-4,6-7,9-13,18H,5,8H2,1H3/b17-9-. The molecule has 0 heterocycles. The van der Waals surface area contributed by atoms with Crippen LogP contribution in [0.1, 0.15) is 12.0 Å². The maximum Gasteiger partial charge on any atom is 0.274 e. The molecule has 0 fully saturated rings. The van der Waals surface area contributed by atoms with Gasteiger partial charge >= 0.3 is 0 Å². The minimum atomic E-state index is -4.22. The molecule has 0 atom stereocenters. The van der Waals surface area contributed by atoms with Crippen LogP contribution in [0.2, 0.25) is 0 Å². The first kappa shape index (κ1) is 18.1. The fourth-order valence-electron chi connectivity index (χ4n) is 2.23. The average molecular weight is 352 g/mol. The van der Waals surface area contributed by atoms with E-state index in [0.29, 0.717) is 12.2 Å². The van der Waals surface area contributed by atoms with Gasteiger partial charge in [0.2, 0.25) is 9.84 Å². The number of hydrogen-bond donors (Lipinski definition) is 0. The molecule has 0 N–H and O–H groups in total. The van der Waals surface area contributed by atoms with Crippen molar-refractivity contribution in [1.29, 1.82) is 0 Å². The molecule has 0 aromatic heterocycles. The zero-order valence-corrected chi connectivity index (χ0v) is 14.0. The lowest BCUT2D eigenvalue weighted by Gasteiger charge is -2.09. The first-order chi connectivity index (χ1) is 11.4. The van der Waals surface area contributed by atoms with E-state index in [0.717, 1.165) is 11.6 Å². The molecule has 0 aliphatic rings. The molecular weight excluding hydrogens is 334 g/mol. The van der Waals surface area contributed by atoms with Crippen molar-refractivity contribution in [2.24, 2.45) is 0 Å². The highest BCUT2D eigenvalue weighted by Gasteiger charge is 2.27. The molecular formula is C18H18F2O3S. The number of alkyl halides is 2. The van der Waals surface area contributed by atoms with E-state index in [2.05, 4.69) is 0 Å². The molecule has 24 heavy (non-hydrogen) atoms. The third kappa shape index (κ3) is 4.41. The monoisotopic (exact) mass is 352 g/mol. The second kappa shape index (κ2) is 8.06. The van der Waals surface area contributed by atoms with Crippen molar-refractivity contribution in [3.05, 3.63) is 71.1 Å². The van der Waals surface area contributed by atoms with E-state index >= 15 is 0 Å². The summed E-state index contributed by atoms with van der Waals surface area (Å²) in [4.78, 5) is -1.03. The summed E-state index contributed by atoms with van der Waals surface area (Å²) in [6, 6.07) is 14.7. The number of benzene rings is 2. The normalized spacial score (nSPS) is 12.4. The molecule has 6 heteroatoms. The maximum absolute atomic E-state index is 13.3. The Morgan fingerprint density at radius 2 is 1.71 bits per heavy atom. The van der Waals surface area contributed by atoms with E-state index in [1.165, 1.54) is 31.4 Å². The smallest absolute Gasteiger partial charge is 0.274 e. The Morgan fingerprint density at radius 3 is 2.25 bits per heavy atom. The van der Waals surface area contributed by atoms with Crippen LogP contribution in [0.5, 0.6) is 5.75 Å². The predicted octanol–water partition coefficient (Wildman–Crippen LogP) is 4.25. The minimum Gasteiger partial charge on any atom is -0.497 e. The molecule has 0 bridgehead atoms. The van der Waals surface area contributed by atoms with E-state index in [1.807, 2.05) is 30.3 Å². The molecule has 0 radical (unpaired) electrons. The highest BCUT2D eigenvalue weighted by molar-refractivity contribution is 7.95. The van der Waals surface area contributed by atoms with Crippen LogP contribution in [0.3, 0.4) is 0 Å². The summed E-state index contributed by atoms with van der Waals surface area (Å²) >= 11 is 0. The molecule has 128 valence electrons. The highest BCUT2D eigenvalue weighted by atomic mass is 32.2. The van der Waals surface area contributed by atoms with Crippen LogP contribution in [-0.2, 0) is 16.3 Å². The molecule has 2 aromatic carbocycles. The molecule has 2 rings (SSSR count). The van der Waals surface area contributed by atoms with Crippen LogP contribution >= 0.6 is 0 Å². The number of halogens is 2. The Hall–Kier alpha value is -2.21. The molecule has 0 saturated carbocycles. The average Bonchev–Trinajstić information content (AvgIpc) is 2.59.